The lowest BCUT2D eigenvalue weighted by molar-refractivity contribution is 0.132. The summed E-state index contributed by atoms with van der Waals surface area (Å²) in [6, 6.07) is 18.1. The van der Waals surface area contributed by atoms with Gasteiger partial charge in [-0.15, -0.1) is 0 Å². The molecule has 3 heteroatoms. The van der Waals surface area contributed by atoms with Gasteiger partial charge in [0.25, 0.3) is 0 Å². The fourth-order valence-corrected chi connectivity index (χ4v) is 3.34. The summed E-state index contributed by atoms with van der Waals surface area (Å²) < 4.78 is 17.5. The van der Waals surface area contributed by atoms with Gasteiger partial charge in [0.15, 0.2) is 5.76 Å². The minimum atomic E-state index is -0.814. The SMILES string of the molecule is C1=CC(c2ccoc2)(c2ccco2)Oc2ccc3ccccc3c21. The quantitative estimate of drug-likeness (QED) is 0.498. The maximum Gasteiger partial charge on any atom is 0.213 e. The van der Waals surface area contributed by atoms with Gasteiger partial charge in [-0.05, 0) is 47.2 Å². The number of fused-ring (bicyclic) bond motifs is 3. The fourth-order valence-electron chi connectivity index (χ4n) is 3.34. The zero-order valence-corrected chi connectivity index (χ0v) is 12.8. The molecule has 0 aliphatic carbocycles. The smallest absolute Gasteiger partial charge is 0.213 e. The molecule has 3 nitrogen and oxygen atoms in total. The third-order valence-corrected chi connectivity index (χ3v) is 4.52. The van der Waals surface area contributed by atoms with Crippen molar-refractivity contribution >= 4 is 16.8 Å². The summed E-state index contributed by atoms with van der Waals surface area (Å²) >= 11 is 0. The number of rotatable bonds is 2. The first-order valence-corrected chi connectivity index (χ1v) is 7.83. The number of hydrogen-bond acceptors (Lipinski definition) is 3. The van der Waals surface area contributed by atoms with Gasteiger partial charge in [-0.25, -0.2) is 0 Å². The molecule has 116 valence electrons. The van der Waals surface area contributed by atoms with E-state index in [0.717, 1.165) is 22.6 Å². The molecule has 24 heavy (non-hydrogen) atoms. The zero-order valence-electron chi connectivity index (χ0n) is 12.8. The Morgan fingerprint density at radius 3 is 2.62 bits per heavy atom. The Bertz CT molecular complexity index is 990. The Labute approximate surface area is 138 Å². The molecule has 1 atom stereocenters. The van der Waals surface area contributed by atoms with Gasteiger partial charge in [-0.2, -0.15) is 0 Å². The van der Waals surface area contributed by atoms with Crippen molar-refractivity contribution in [3.8, 4) is 5.75 Å². The molecule has 2 aromatic carbocycles. The molecule has 5 rings (SSSR count). The Hall–Kier alpha value is -3.20. The molecular formula is C21H14O3. The number of furan rings is 2. The average molecular weight is 314 g/mol. The second-order valence-electron chi connectivity index (χ2n) is 5.86. The van der Waals surface area contributed by atoms with Crippen molar-refractivity contribution in [2.45, 2.75) is 5.60 Å². The van der Waals surface area contributed by atoms with Crippen LogP contribution in [0.4, 0.5) is 0 Å². The molecule has 3 heterocycles. The molecule has 0 bridgehead atoms. The number of ether oxygens (including phenoxy) is 1. The lowest BCUT2D eigenvalue weighted by atomic mass is 9.88. The lowest BCUT2D eigenvalue weighted by Gasteiger charge is -2.33. The molecule has 1 aliphatic heterocycles. The highest BCUT2D eigenvalue weighted by Gasteiger charge is 2.40. The number of hydrogen-bond donors (Lipinski definition) is 0. The minimum absolute atomic E-state index is 0.721. The molecule has 4 aromatic rings. The van der Waals surface area contributed by atoms with Gasteiger partial charge in [-0.3, -0.25) is 0 Å². The highest BCUT2D eigenvalue weighted by atomic mass is 16.5. The largest absolute Gasteiger partial charge is 0.472 e. The van der Waals surface area contributed by atoms with E-state index in [9.17, 15) is 0 Å². The second kappa shape index (κ2) is 4.90. The van der Waals surface area contributed by atoms with E-state index in [1.807, 2.05) is 42.5 Å². The van der Waals surface area contributed by atoms with Gasteiger partial charge in [0.2, 0.25) is 5.60 Å². The van der Waals surface area contributed by atoms with E-state index in [1.54, 1.807) is 18.8 Å². The maximum atomic E-state index is 6.48. The molecule has 2 aromatic heterocycles. The van der Waals surface area contributed by atoms with Gasteiger partial charge >= 0.3 is 0 Å². The van der Waals surface area contributed by atoms with Crippen LogP contribution in [0.1, 0.15) is 16.9 Å². The van der Waals surface area contributed by atoms with Crippen LogP contribution in [0, 0.1) is 0 Å². The summed E-state index contributed by atoms with van der Waals surface area (Å²) in [7, 11) is 0. The van der Waals surface area contributed by atoms with Crippen molar-refractivity contribution in [3.63, 3.8) is 0 Å². The predicted octanol–water partition coefficient (Wildman–Crippen LogP) is 5.38. The van der Waals surface area contributed by atoms with E-state index >= 15 is 0 Å². The van der Waals surface area contributed by atoms with E-state index in [1.165, 1.54) is 10.8 Å². The van der Waals surface area contributed by atoms with Crippen LogP contribution in [0.25, 0.3) is 16.8 Å². The van der Waals surface area contributed by atoms with E-state index in [0.29, 0.717) is 0 Å². The Morgan fingerprint density at radius 2 is 1.79 bits per heavy atom. The van der Waals surface area contributed by atoms with Crippen LogP contribution < -0.4 is 4.74 Å². The molecule has 0 N–H and O–H groups in total. The van der Waals surface area contributed by atoms with Crippen LogP contribution in [-0.4, -0.2) is 0 Å². The minimum Gasteiger partial charge on any atom is -0.472 e. The molecule has 0 saturated heterocycles. The second-order valence-corrected chi connectivity index (χ2v) is 5.86. The topological polar surface area (TPSA) is 35.5 Å². The maximum absolute atomic E-state index is 6.48. The molecule has 0 amide bonds. The van der Waals surface area contributed by atoms with Crippen molar-refractivity contribution in [1.29, 1.82) is 0 Å². The highest BCUT2D eigenvalue weighted by molar-refractivity contribution is 5.93. The van der Waals surface area contributed by atoms with Crippen molar-refractivity contribution in [3.05, 3.63) is 96.3 Å². The molecular weight excluding hydrogens is 300 g/mol. The Morgan fingerprint density at radius 1 is 0.833 bits per heavy atom. The third-order valence-electron chi connectivity index (χ3n) is 4.52. The molecule has 1 unspecified atom stereocenters. The van der Waals surface area contributed by atoms with E-state index in [2.05, 4.69) is 24.3 Å². The van der Waals surface area contributed by atoms with Crippen LogP contribution in [0.3, 0.4) is 0 Å². The van der Waals surface area contributed by atoms with Crippen molar-refractivity contribution in [2.75, 3.05) is 0 Å². The summed E-state index contributed by atoms with van der Waals surface area (Å²) in [4.78, 5) is 0. The predicted molar refractivity (Wildman–Crippen MR) is 91.8 cm³/mol. The average Bonchev–Trinajstić information content (AvgIpc) is 3.35. The molecule has 0 radical (unpaired) electrons. The van der Waals surface area contributed by atoms with E-state index in [4.69, 9.17) is 13.6 Å². The monoisotopic (exact) mass is 314 g/mol. The standard InChI is InChI=1S/C21H14O3/c1-2-5-17-15(4-1)7-8-19-18(17)9-11-21(24-19,16-10-13-22-14-16)20-6-3-12-23-20/h1-14H. The first-order chi connectivity index (χ1) is 11.9. The first-order valence-electron chi connectivity index (χ1n) is 7.83. The summed E-state index contributed by atoms with van der Waals surface area (Å²) in [6.07, 6.45) is 9.14. The molecule has 0 spiro atoms. The number of benzene rings is 2. The van der Waals surface area contributed by atoms with Crippen molar-refractivity contribution in [2.24, 2.45) is 0 Å². The van der Waals surface area contributed by atoms with Gasteiger partial charge in [-0.1, -0.05) is 30.3 Å². The van der Waals surface area contributed by atoms with Crippen LogP contribution in [0.15, 0.2) is 88.3 Å². The van der Waals surface area contributed by atoms with E-state index in [-0.39, 0.29) is 0 Å². The summed E-state index contributed by atoms with van der Waals surface area (Å²) in [5.41, 5.74) is 1.16. The van der Waals surface area contributed by atoms with Crippen LogP contribution in [0.5, 0.6) is 5.75 Å². The summed E-state index contributed by atoms with van der Waals surface area (Å²) in [5, 5.41) is 2.37. The van der Waals surface area contributed by atoms with Crippen molar-refractivity contribution in [1.82, 2.24) is 0 Å². The molecule has 0 saturated carbocycles. The first kappa shape index (κ1) is 13.3. The van der Waals surface area contributed by atoms with Crippen LogP contribution in [-0.2, 0) is 5.60 Å². The van der Waals surface area contributed by atoms with Crippen LogP contribution in [0.2, 0.25) is 0 Å². The van der Waals surface area contributed by atoms with Gasteiger partial charge < -0.3 is 13.6 Å². The van der Waals surface area contributed by atoms with Crippen molar-refractivity contribution < 1.29 is 13.6 Å². The Kier molecular flexibility index (Phi) is 2.71. The molecule has 1 aliphatic rings. The summed E-state index contributed by atoms with van der Waals surface area (Å²) in [6.45, 7) is 0. The van der Waals surface area contributed by atoms with E-state index < -0.39 is 5.60 Å². The highest BCUT2D eigenvalue weighted by Crippen LogP contribution is 2.44. The van der Waals surface area contributed by atoms with Gasteiger partial charge in [0, 0.05) is 11.1 Å². The normalized spacial score (nSPS) is 19.2. The van der Waals surface area contributed by atoms with Gasteiger partial charge in [0.05, 0.1) is 18.8 Å². The Balaban J connectivity index is 1.74. The molecule has 0 fully saturated rings. The lowest BCUT2D eigenvalue weighted by Crippen LogP contribution is -2.33. The van der Waals surface area contributed by atoms with Gasteiger partial charge in [0.1, 0.15) is 5.75 Å². The third kappa shape index (κ3) is 1.78. The van der Waals surface area contributed by atoms with Crippen LogP contribution >= 0.6 is 0 Å². The zero-order chi connectivity index (χ0) is 16.0. The fraction of sp³-hybridized carbons (Fsp3) is 0.0476. The summed E-state index contributed by atoms with van der Waals surface area (Å²) in [5.74, 6) is 1.55.